The van der Waals surface area contributed by atoms with Crippen LogP contribution in [0.5, 0.6) is 0 Å². The van der Waals surface area contributed by atoms with Gasteiger partial charge in [0, 0.05) is 52.9 Å². The predicted molar refractivity (Wildman–Crippen MR) is 309 cm³/mol. The van der Waals surface area contributed by atoms with E-state index in [0.29, 0.717) is 31.2 Å². The monoisotopic (exact) mass is 1130 g/mol. The summed E-state index contributed by atoms with van der Waals surface area (Å²) in [4.78, 5) is 121. The molecule has 450 valence electrons. The van der Waals surface area contributed by atoms with Crippen molar-refractivity contribution >= 4 is 47.3 Å². The average Bonchev–Trinajstić information content (AvgIpc) is 3.49. The number of aliphatic hydroxyl groups excluding tert-OH is 2. The molecule has 7 amide bonds. The topological polar surface area (TPSA) is 253 Å². The maximum Gasteiger partial charge on any atom is 0.326 e. The van der Waals surface area contributed by atoms with Crippen molar-refractivity contribution in [3.05, 3.63) is 71.8 Å². The van der Waals surface area contributed by atoms with Crippen molar-refractivity contribution in [2.24, 2.45) is 35.3 Å². The molecule has 0 radical (unpaired) electrons. The molecule has 0 spiro atoms. The van der Waals surface area contributed by atoms with Crippen molar-refractivity contribution in [1.82, 2.24) is 35.1 Å². The lowest BCUT2D eigenvalue weighted by Gasteiger charge is -2.43. The third-order valence-electron chi connectivity index (χ3n) is 17.0. The number of primary amides is 1. The van der Waals surface area contributed by atoms with Crippen molar-refractivity contribution in [3.63, 3.8) is 0 Å². The van der Waals surface area contributed by atoms with Gasteiger partial charge in [-0.05, 0) is 87.3 Å². The van der Waals surface area contributed by atoms with Crippen LogP contribution in [0.3, 0.4) is 0 Å². The summed E-state index contributed by atoms with van der Waals surface area (Å²) in [5.74, 6) is -5.64. The number of esters is 1. The van der Waals surface area contributed by atoms with E-state index < -0.39 is 114 Å². The van der Waals surface area contributed by atoms with Crippen LogP contribution in [0.4, 0.5) is 0 Å². The minimum atomic E-state index is -1.54. The molecule has 3 aliphatic rings. The lowest BCUT2D eigenvalue weighted by molar-refractivity contribution is -0.177. The fraction of sp³-hybridized carbons (Fsp3) is 0.677. The van der Waals surface area contributed by atoms with Gasteiger partial charge in [-0.15, -0.1) is 0 Å². The second kappa shape index (κ2) is 30.9. The molecule has 19 nitrogen and oxygen atoms in total. The quantitative estimate of drug-likeness (QED) is 0.0568. The fourth-order valence-electron chi connectivity index (χ4n) is 12.4. The number of aliphatic hydroxyl groups is 2. The summed E-state index contributed by atoms with van der Waals surface area (Å²) in [5.41, 5.74) is 7.14. The van der Waals surface area contributed by atoms with Crippen LogP contribution in [0.1, 0.15) is 143 Å². The minimum Gasteiger partial charge on any atom is -0.451 e. The molecule has 2 unspecified atom stereocenters. The van der Waals surface area contributed by atoms with Crippen molar-refractivity contribution in [3.8, 4) is 0 Å². The van der Waals surface area contributed by atoms with Gasteiger partial charge < -0.3 is 50.9 Å². The number of nitrogens with zero attached hydrogens (tertiary/aromatic N) is 5. The highest BCUT2D eigenvalue weighted by atomic mass is 16.6. The number of carbonyl (C=O) groups is 8. The molecule has 0 bridgehead atoms. The number of benzene rings is 2. The molecule has 5 rings (SSSR count). The summed E-state index contributed by atoms with van der Waals surface area (Å²) in [6.45, 7) is 12.8. The Morgan fingerprint density at radius 3 is 1.65 bits per heavy atom. The number of hydrogen-bond acceptors (Lipinski definition) is 12. The molecular formula is C62H96N8O11. The molecular weight excluding hydrogens is 1030 g/mol. The Hall–Kier alpha value is -5.92. The molecule has 2 aromatic carbocycles. The molecule has 3 fully saturated rings. The summed E-state index contributed by atoms with van der Waals surface area (Å²) in [6, 6.07) is 10.6. The Kier molecular flexibility index (Phi) is 25.2. The van der Waals surface area contributed by atoms with Crippen LogP contribution in [0.25, 0.3) is 0 Å². The molecule has 2 saturated carbocycles. The first-order valence-corrected chi connectivity index (χ1v) is 29.7. The van der Waals surface area contributed by atoms with Gasteiger partial charge in [0.2, 0.25) is 35.4 Å². The van der Waals surface area contributed by atoms with Gasteiger partial charge >= 0.3 is 5.97 Å². The van der Waals surface area contributed by atoms with Crippen LogP contribution < -0.4 is 16.4 Å². The zero-order valence-corrected chi connectivity index (χ0v) is 50.1. The van der Waals surface area contributed by atoms with E-state index in [1.807, 2.05) is 88.4 Å². The highest BCUT2D eigenvalue weighted by Gasteiger charge is 2.46. The van der Waals surface area contributed by atoms with E-state index in [-0.39, 0.29) is 49.5 Å². The number of carbonyl (C=O) groups excluding carboxylic acids is 8. The van der Waals surface area contributed by atoms with Crippen molar-refractivity contribution < 1.29 is 53.3 Å². The van der Waals surface area contributed by atoms with Gasteiger partial charge in [0.15, 0.2) is 6.10 Å². The Labute approximate surface area is 481 Å². The van der Waals surface area contributed by atoms with Crippen LogP contribution in [0, 0.1) is 29.6 Å². The molecule has 1 heterocycles. The molecule has 19 heteroatoms. The maximum absolute atomic E-state index is 15.2. The first-order valence-electron chi connectivity index (χ1n) is 29.7. The lowest BCUT2D eigenvalue weighted by Crippen LogP contribution is -2.64. The number of likely N-dealkylation sites (N-methyl/N-ethyl adjacent to an activating group) is 4. The normalized spacial score (nSPS) is 19.5. The zero-order valence-electron chi connectivity index (χ0n) is 50.1. The number of likely N-dealkylation sites (tertiary alicyclic amines) is 1. The fourth-order valence-corrected chi connectivity index (χ4v) is 12.4. The molecule has 6 N–H and O–H groups in total. The van der Waals surface area contributed by atoms with Gasteiger partial charge in [-0.25, -0.2) is 0 Å². The van der Waals surface area contributed by atoms with E-state index in [4.69, 9.17) is 10.5 Å². The van der Waals surface area contributed by atoms with Gasteiger partial charge in [0.1, 0.15) is 42.5 Å². The molecule has 0 aromatic heterocycles. The number of nitrogens with two attached hydrogens (primary N) is 1. The smallest absolute Gasteiger partial charge is 0.326 e. The first kappa shape index (κ1) is 65.9. The van der Waals surface area contributed by atoms with Crippen LogP contribution in [-0.4, -0.2) is 177 Å². The van der Waals surface area contributed by atoms with Crippen LogP contribution in [-0.2, 0) is 55.9 Å². The Morgan fingerprint density at radius 1 is 0.642 bits per heavy atom. The minimum absolute atomic E-state index is 0.0254. The first-order chi connectivity index (χ1) is 38.3. The van der Waals surface area contributed by atoms with Crippen molar-refractivity contribution in [2.75, 3.05) is 34.7 Å². The lowest BCUT2D eigenvalue weighted by atomic mass is 9.84. The highest BCUT2D eigenvalue weighted by molar-refractivity contribution is 5.97. The summed E-state index contributed by atoms with van der Waals surface area (Å²) in [7, 11) is 6.04. The molecule has 10 atom stereocenters. The van der Waals surface area contributed by atoms with E-state index in [2.05, 4.69) is 10.6 Å². The number of amides is 7. The summed E-state index contributed by atoms with van der Waals surface area (Å²) < 4.78 is 6.26. The van der Waals surface area contributed by atoms with E-state index in [9.17, 15) is 43.8 Å². The van der Waals surface area contributed by atoms with E-state index >= 15 is 4.79 Å². The second-order valence-electron chi connectivity index (χ2n) is 24.4. The van der Waals surface area contributed by atoms with Gasteiger partial charge in [0.25, 0.3) is 5.91 Å². The summed E-state index contributed by atoms with van der Waals surface area (Å²) >= 11 is 0. The largest absolute Gasteiger partial charge is 0.451 e. The van der Waals surface area contributed by atoms with Crippen LogP contribution >= 0.6 is 0 Å². The molecule has 2 aromatic rings. The maximum atomic E-state index is 15.2. The number of hydrogen-bond donors (Lipinski definition) is 5. The highest BCUT2D eigenvalue weighted by Crippen LogP contribution is 2.32. The molecule has 2 aliphatic carbocycles. The van der Waals surface area contributed by atoms with E-state index in [1.165, 1.54) is 52.6 Å². The van der Waals surface area contributed by atoms with Gasteiger partial charge in [-0.3, -0.25) is 43.3 Å². The standard InChI is InChI=1S/C62H96N8O11/c1-38(2)34-46(64-56(74)51(39(3)4)67(9)50(72)37-44-28-20-14-21-29-44)59(77)69(11)53(41(7)71)62(80)81-54(45-30-22-15-23-31-45)61(79)68(10)52(40(5)6)57(75)65-47(35-42-24-16-12-17-25-42)58(76)66(8)49(36-43-26-18-13-19-27-43)60(78)70-33-32-48(70)55(63)73/h12-13,16-19,24-27,38-41,44-49,51-54,59,71,77H,14-15,20-23,28-37H2,1-11H3,(H2,63,73)(H,64,74)(H,65,75)/t41-,46+,47+,48+,49?,51+,52+,53+,54+,59?/m1/s1. The van der Waals surface area contributed by atoms with Crippen molar-refractivity contribution in [1.29, 1.82) is 0 Å². The SMILES string of the molecule is CC(C)C[C@H](NC(=O)[C@H](C(C)C)N(C)C(=O)CC1CCCCC1)C(O)N(C)[C@H](C(=O)O[C@H](C(=O)N(C)[C@H](C(=O)N[C@@H](Cc1ccccc1)C(=O)N(C)C(Cc1ccccc1)C(=O)N1CC[C@H]1C(N)=O)C(C)C)C1CCCCC1)[C@@H](C)O. The van der Waals surface area contributed by atoms with E-state index in [1.54, 1.807) is 20.9 Å². The number of nitrogens with one attached hydrogen (secondary N) is 2. The van der Waals surface area contributed by atoms with Gasteiger partial charge in [-0.2, -0.15) is 0 Å². The zero-order chi connectivity index (χ0) is 59.8. The molecule has 1 saturated heterocycles. The number of ether oxygens (including phenoxy) is 1. The van der Waals surface area contributed by atoms with Crippen LogP contribution in [0.2, 0.25) is 0 Å². The van der Waals surface area contributed by atoms with Crippen LogP contribution in [0.15, 0.2) is 60.7 Å². The molecule has 1 aliphatic heterocycles. The average molecular weight is 1130 g/mol. The number of rotatable bonds is 28. The Balaban J connectivity index is 1.39. The predicted octanol–water partition coefficient (Wildman–Crippen LogP) is 4.83. The summed E-state index contributed by atoms with van der Waals surface area (Å²) in [5, 5.41) is 29.5. The Bertz CT molecular complexity index is 2400. The second-order valence-corrected chi connectivity index (χ2v) is 24.4. The third-order valence-corrected chi connectivity index (χ3v) is 17.0. The van der Waals surface area contributed by atoms with Gasteiger partial charge in [-0.1, -0.05) is 141 Å². The molecule has 81 heavy (non-hydrogen) atoms. The third kappa shape index (κ3) is 17.8. The summed E-state index contributed by atoms with van der Waals surface area (Å²) in [6.07, 6.45) is 5.52. The van der Waals surface area contributed by atoms with E-state index in [0.717, 1.165) is 56.9 Å². The Morgan fingerprint density at radius 2 is 1.16 bits per heavy atom. The van der Waals surface area contributed by atoms with Gasteiger partial charge in [0.05, 0.1) is 12.1 Å². The van der Waals surface area contributed by atoms with Crippen molar-refractivity contribution in [2.45, 2.75) is 206 Å².